The van der Waals surface area contributed by atoms with Crippen molar-refractivity contribution in [3.63, 3.8) is 0 Å². The lowest BCUT2D eigenvalue weighted by atomic mass is 10.0. The van der Waals surface area contributed by atoms with Crippen molar-refractivity contribution in [3.8, 4) is 28.4 Å². The minimum Gasteiger partial charge on any atom is -0.480 e. The van der Waals surface area contributed by atoms with Gasteiger partial charge >= 0.3 is 0 Å². The number of benzene rings is 3. The molecule has 5 rings (SSSR count). The highest BCUT2D eigenvalue weighted by atomic mass is 32.2. The molecule has 0 saturated heterocycles. The number of hydrogen-bond donors (Lipinski definition) is 2. The molecule has 0 aliphatic rings. The Hall–Kier alpha value is -4.97. The van der Waals surface area contributed by atoms with Crippen LogP contribution in [0.4, 0.5) is 16.0 Å². The molecule has 3 aromatic carbocycles. The van der Waals surface area contributed by atoms with Gasteiger partial charge in [-0.2, -0.15) is 0 Å². The van der Waals surface area contributed by atoms with E-state index < -0.39 is 16.4 Å². The summed E-state index contributed by atoms with van der Waals surface area (Å²) in [6.07, 6.45) is -0.118. The number of para-hydroxylation sites is 1. The number of nitrogen functional groups attached to an aromatic ring is 1. The van der Waals surface area contributed by atoms with Crippen molar-refractivity contribution in [1.29, 1.82) is 0 Å². The van der Waals surface area contributed by atoms with E-state index in [4.69, 9.17) is 15.2 Å². The Balaban J connectivity index is 1.55. The molecule has 1 atom stereocenters. The van der Waals surface area contributed by atoms with Gasteiger partial charge in [-0.15, -0.1) is 0 Å². The highest BCUT2D eigenvalue weighted by Gasteiger charge is 2.20. The number of aromatic nitrogens is 3. The Labute approximate surface area is 228 Å². The number of hydrogen-bond acceptors (Lipinski definition) is 8. The lowest BCUT2D eigenvalue weighted by Crippen LogP contribution is -2.23. The molecule has 0 radical (unpaired) electrons. The van der Waals surface area contributed by atoms with Gasteiger partial charge < -0.3 is 15.2 Å². The number of alkyl halides is 1. The molecular weight excluding hydrogens is 537 g/mol. The number of fused-ring (bicyclic) bond motifs is 1. The zero-order chi connectivity index (χ0) is 28.4. The molecule has 2 heterocycles. The third kappa shape index (κ3) is 5.29. The number of anilines is 2. The maximum Gasteiger partial charge on any atom is 0.267 e. The molecule has 10 nitrogen and oxygen atoms in total. The van der Waals surface area contributed by atoms with Crippen molar-refractivity contribution < 1.29 is 22.3 Å². The number of pyridine rings is 1. The molecule has 2 aromatic heterocycles. The fraction of sp³-hybridized carbons (Fsp3) is 0.107. The van der Waals surface area contributed by atoms with Crippen molar-refractivity contribution in [1.82, 2.24) is 14.5 Å². The number of sulfonamides is 1. The van der Waals surface area contributed by atoms with Crippen LogP contribution in [0.3, 0.4) is 0 Å². The molecule has 40 heavy (non-hydrogen) atoms. The minimum absolute atomic E-state index is 0.0266. The zero-order valence-corrected chi connectivity index (χ0v) is 22.2. The molecule has 0 aliphatic heterocycles. The quantitative estimate of drug-likeness (QED) is 0.282. The summed E-state index contributed by atoms with van der Waals surface area (Å²) in [6.45, 7) is 1.19. The molecule has 0 amide bonds. The fourth-order valence-corrected chi connectivity index (χ4v) is 5.24. The zero-order valence-electron chi connectivity index (χ0n) is 21.4. The predicted octanol–water partition coefficient (Wildman–Crippen LogP) is 4.53. The summed E-state index contributed by atoms with van der Waals surface area (Å²) < 4.78 is 53.7. The first-order valence-corrected chi connectivity index (χ1v) is 13.5. The van der Waals surface area contributed by atoms with Crippen LogP contribution in [-0.4, -0.2) is 36.4 Å². The maximum absolute atomic E-state index is 13.4. The molecule has 12 heteroatoms. The molecule has 0 spiro atoms. The number of methoxy groups -OCH3 is 1. The van der Waals surface area contributed by atoms with Gasteiger partial charge in [0.05, 0.1) is 28.6 Å². The average Bonchev–Trinajstić information content (AvgIpc) is 2.93. The van der Waals surface area contributed by atoms with Crippen LogP contribution in [0.15, 0.2) is 94.7 Å². The lowest BCUT2D eigenvalue weighted by Gasteiger charge is -2.14. The summed E-state index contributed by atoms with van der Waals surface area (Å²) in [6, 6.07) is 20.9. The van der Waals surface area contributed by atoms with Crippen molar-refractivity contribution in [2.24, 2.45) is 0 Å². The molecule has 5 aromatic rings. The Bertz CT molecular complexity index is 1880. The summed E-state index contributed by atoms with van der Waals surface area (Å²) in [5.74, 6) is 0.136. The van der Waals surface area contributed by atoms with E-state index in [0.717, 1.165) is 0 Å². The van der Waals surface area contributed by atoms with E-state index in [1.165, 1.54) is 55.1 Å². The summed E-state index contributed by atoms with van der Waals surface area (Å²) in [7, 11) is -2.78. The third-order valence-electron chi connectivity index (χ3n) is 5.94. The molecule has 1 unspecified atom stereocenters. The molecule has 0 bridgehead atoms. The first-order chi connectivity index (χ1) is 19.2. The summed E-state index contributed by atoms with van der Waals surface area (Å²) >= 11 is 0. The average molecular weight is 562 g/mol. The number of halogens is 1. The van der Waals surface area contributed by atoms with Crippen LogP contribution in [0.5, 0.6) is 11.6 Å². The second-order valence-electron chi connectivity index (χ2n) is 8.70. The van der Waals surface area contributed by atoms with Gasteiger partial charge in [0.15, 0.2) is 0 Å². The first kappa shape index (κ1) is 26.6. The van der Waals surface area contributed by atoms with Gasteiger partial charge in [-0.05, 0) is 48.0 Å². The van der Waals surface area contributed by atoms with Gasteiger partial charge in [-0.25, -0.2) is 27.3 Å². The Morgan fingerprint density at radius 2 is 1.77 bits per heavy atom. The fourth-order valence-electron chi connectivity index (χ4n) is 4.16. The number of nitrogens with two attached hydrogens (primary N) is 1. The number of ether oxygens (including phenoxy) is 2. The highest BCUT2D eigenvalue weighted by molar-refractivity contribution is 7.92. The predicted molar refractivity (Wildman–Crippen MR) is 150 cm³/mol. The van der Waals surface area contributed by atoms with Crippen LogP contribution in [0, 0.1) is 0 Å². The van der Waals surface area contributed by atoms with Crippen LogP contribution in [0.25, 0.3) is 27.7 Å². The highest BCUT2D eigenvalue weighted by Crippen LogP contribution is 2.32. The normalized spacial score (nSPS) is 12.2. The number of rotatable bonds is 8. The van der Waals surface area contributed by atoms with E-state index in [0.29, 0.717) is 27.7 Å². The van der Waals surface area contributed by atoms with Crippen LogP contribution in [-0.2, 0) is 10.0 Å². The second-order valence-corrected chi connectivity index (χ2v) is 10.4. The standard InChI is InChI=1S/C28H24FN5O5S/c1-17(29)39-21-9-6-10-22(15-21)40(36,37)33-25-14-19(16-31-26(25)38-2)18-11-12-24-23(13-18)27(35)34(28(30)32-24)20-7-4-3-5-8-20/h3-17,33H,1-2H3,(H2,30,32). The molecule has 0 fully saturated rings. The van der Waals surface area contributed by atoms with E-state index in [1.807, 2.05) is 6.07 Å². The van der Waals surface area contributed by atoms with Crippen molar-refractivity contribution in [3.05, 3.63) is 95.4 Å². The van der Waals surface area contributed by atoms with Gasteiger partial charge in [-0.3, -0.25) is 9.52 Å². The van der Waals surface area contributed by atoms with E-state index in [-0.39, 0.29) is 33.7 Å². The molecule has 0 aliphatic carbocycles. The van der Waals surface area contributed by atoms with Gasteiger partial charge in [-0.1, -0.05) is 30.3 Å². The van der Waals surface area contributed by atoms with Gasteiger partial charge in [0, 0.05) is 24.8 Å². The summed E-state index contributed by atoms with van der Waals surface area (Å²) in [4.78, 5) is 21.9. The topological polar surface area (TPSA) is 138 Å². The first-order valence-electron chi connectivity index (χ1n) is 12.0. The van der Waals surface area contributed by atoms with Crippen molar-refractivity contribution >= 4 is 32.6 Å². The Kier molecular flexibility index (Phi) is 7.09. The van der Waals surface area contributed by atoms with Gasteiger partial charge in [0.25, 0.3) is 15.6 Å². The largest absolute Gasteiger partial charge is 0.480 e. The van der Waals surface area contributed by atoms with Crippen LogP contribution >= 0.6 is 0 Å². The van der Waals surface area contributed by atoms with Gasteiger partial charge in [0.2, 0.25) is 18.2 Å². The Morgan fingerprint density at radius 3 is 2.50 bits per heavy atom. The smallest absolute Gasteiger partial charge is 0.267 e. The second kappa shape index (κ2) is 10.7. The van der Waals surface area contributed by atoms with Crippen LogP contribution in [0.1, 0.15) is 6.92 Å². The third-order valence-corrected chi connectivity index (χ3v) is 7.31. The van der Waals surface area contributed by atoms with E-state index in [1.54, 1.807) is 42.5 Å². The van der Waals surface area contributed by atoms with E-state index in [2.05, 4.69) is 14.7 Å². The van der Waals surface area contributed by atoms with Crippen molar-refractivity contribution in [2.75, 3.05) is 17.6 Å². The molecule has 0 saturated carbocycles. The van der Waals surface area contributed by atoms with E-state index in [9.17, 15) is 17.6 Å². The Morgan fingerprint density at radius 1 is 1.00 bits per heavy atom. The maximum atomic E-state index is 13.4. The van der Waals surface area contributed by atoms with Crippen LogP contribution < -0.4 is 25.5 Å². The monoisotopic (exact) mass is 561 g/mol. The van der Waals surface area contributed by atoms with Crippen LogP contribution in [0.2, 0.25) is 0 Å². The van der Waals surface area contributed by atoms with Gasteiger partial charge in [0.1, 0.15) is 11.4 Å². The molecule has 204 valence electrons. The summed E-state index contributed by atoms with van der Waals surface area (Å²) in [5.41, 5.74) is 7.86. The number of nitrogens with one attached hydrogen (secondary N) is 1. The van der Waals surface area contributed by atoms with Crippen molar-refractivity contribution in [2.45, 2.75) is 18.2 Å². The van der Waals surface area contributed by atoms with E-state index >= 15 is 0 Å². The minimum atomic E-state index is -4.14. The SMILES string of the molecule is COc1ncc(-c2ccc3nc(N)n(-c4ccccc4)c(=O)c3c2)cc1NS(=O)(=O)c1cccc(OC(C)F)c1. The lowest BCUT2D eigenvalue weighted by molar-refractivity contribution is 0.0858. The summed E-state index contributed by atoms with van der Waals surface area (Å²) in [5, 5.41) is 0.312. The molecule has 3 N–H and O–H groups in total. The number of nitrogens with zero attached hydrogens (tertiary/aromatic N) is 3. The molecular formula is C28H24FN5O5S.